The average molecular weight is 311 g/mol. The van der Waals surface area contributed by atoms with Crippen LogP contribution in [-0.4, -0.2) is 22.3 Å². The number of anilines is 1. The fourth-order valence-corrected chi connectivity index (χ4v) is 3.20. The standard InChI is InChI=1S/C17H17N3OS/c1-12-11-20-15(13(2)18-17(20)22-12)9-10-16(21)19(3)14-7-5-4-6-8-14/h4-11H,1-3H3/b10-9+. The Morgan fingerprint density at radius 2 is 2.00 bits per heavy atom. The molecule has 1 amide bonds. The zero-order chi connectivity index (χ0) is 15.7. The number of carbonyl (C=O) groups excluding carboxylic acids is 1. The van der Waals surface area contributed by atoms with Crippen molar-refractivity contribution in [2.75, 3.05) is 11.9 Å². The van der Waals surface area contributed by atoms with E-state index in [0.717, 1.165) is 22.0 Å². The number of para-hydroxylation sites is 1. The molecule has 3 rings (SSSR count). The minimum absolute atomic E-state index is 0.0625. The van der Waals surface area contributed by atoms with Gasteiger partial charge in [-0.3, -0.25) is 9.20 Å². The van der Waals surface area contributed by atoms with E-state index < -0.39 is 0 Å². The van der Waals surface area contributed by atoms with Crippen molar-refractivity contribution in [3.8, 4) is 0 Å². The fourth-order valence-electron chi connectivity index (χ4n) is 2.32. The topological polar surface area (TPSA) is 37.6 Å². The Kier molecular flexibility index (Phi) is 3.81. The summed E-state index contributed by atoms with van der Waals surface area (Å²) in [6.45, 7) is 4.01. The molecule has 2 heterocycles. The van der Waals surface area contributed by atoms with Crippen LogP contribution in [0.2, 0.25) is 0 Å². The molecule has 1 aromatic carbocycles. The zero-order valence-electron chi connectivity index (χ0n) is 12.8. The predicted octanol–water partition coefficient (Wildman–Crippen LogP) is 3.69. The lowest BCUT2D eigenvalue weighted by atomic mass is 10.2. The van der Waals surface area contributed by atoms with Gasteiger partial charge in [0.25, 0.3) is 5.91 Å². The highest BCUT2D eigenvalue weighted by molar-refractivity contribution is 7.17. The third-order valence-corrected chi connectivity index (χ3v) is 4.42. The highest BCUT2D eigenvalue weighted by Gasteiger charge is 2.10. The van der Waals surface area contributed by atoms with E-state index in [9.17, 15) is 4.79 Å². The van der Waals surface area contributed by atoms with Crippen LogP contribution in [-0.2, 0) is 4.79 Å². The molecule has 0 atom stereocenters. The Balaban J connectivity index is 1.86. The molecule has 5 heteroatoms. The second-order valence-electron chi connectivity index (χ2n) is 5.14. The lowest BCUT2D eigenvalue weighted by molar-refractivity contribution is -0.113. The molecule has 4 nitrogen and oxygen atoms in total. The Morgan fingerprint density at radius 1 is 1.27 bits per heavy atom. The van der Waals surface area contributed by atoms with Gasteiger partial charge in [-0.05, 0) is 32.1 Å². The summed E-state index contributed by atoms with van der Waals surface area (Å²) < 4.78 is 2.03. The van der Waals surface area contributed by atoms with Crippen LogP contribution in [0.5, 0.6) is 0 Å². The molecule has 0 aliphatic heterocycles. The Bertz CT molecular complexity index is 846. The molecule has 0 aliphatic carbocycles. The summed E-state index contributed by atoms with van der Waals surface area (Å²) in [6.07, 6.45) is 5.48. The van der Waals surface area contributed by atoms with Crippen LogP contribution >= 0.6 is 11.3 Å². The Hall–Kier alpha value is -2.40. The molecule has 0 spiro atoms. The molecule has 22 heavy (non-hydrogen) atoms. The lowest BCUT2D eigenvalue weighted by Crippen LogP contribution is -2.23. The lowest BCUT2D eigenvalue weighted by Gasteiger charge is -2.14. The minimum Gasteiger partial charge on any atom is -0.312 e. The molecular weight excluding hydrogens is 294 g/mol. The van der Waals surface area contributed by atoms with E-state index in [1.807, 2.05) is 53.9 Å². The van der Waals surface area contributed by atoms with Crippen LogP contribution in [0.1, 0.15) is 16.3 Å². The molecule has 0 fully saturated rings. The van der Waals surface area contributed by atoms with E-state index >= 15 is 0 Å². The number of carbonyl (C=O) groups is 1. The van der Waals surface area contributed by atoms with E-state index in [1.54, 1.807) is 29.4 Å². The van der Waals surface area contributed by atoms with Gasteiger partial charge in [-0.1, -0.05) is 18.2 Å². The van der Waals surface area contributed by atoms with Crippen molar-refractivity contribution in [3.05, 3.63) is 58.9 Å². The number of aryl methyl sites for hydroxylation is 2. The summed E-state index contributed by atoms with van der Waals surface area (Å²) >= 11 is 1.65. The number of rotatable bonds is 3. The number of nitrogens with zero attached hydrogens (tertiary/aromatic N) is 3. The van der Waals surface area contributed by atoms with Crippen LogP contribution in [0.4, 0.5) is 5.69 Å². The first-order valence-corrected chi connectivity index (χ1v) is 7.84. The number of hydrogen-bond acceptors (Lipinski definition) is 3. The van der Waals surface area contributed by atoms with Crippen LogP contribution in [0.25, 0.3) is 11.0 Å². The van der Waals surface area contributed by atoms with Gasteiger partial charge in [0.05, 0.1) is 11.4 Å². The Labute approximate surface area is 133 Å². The molecule has 0 unspecified atom stereocenters. The molecule has 112 valence electrons. The van der Waals surface area contributed by atoms with Gasteiger partial charge in [-0.25, -0.2) is 4.98 Å². The molecule has 0 saturated carbocycles. The summed E-state index contributed by atoms with van der Waals surface area (Å²) in [6, 6.07) is 9.60. The monoisotopic (exact) mass is 311 g/mol. The van der Waals surface area contributed by atoms with Crippen LogP contribution < -0.4 is 4.90 Å². The number of imidazole rings is 1. The summed E-state index contributed by atoms with van der Waals surface area (Å²) in [5, 5.41) is 0. The van der Waals surface area contributed by atoms with Crippen molar-refractivity contribution in [2.24, 2.45) is 0 Å². The smallest absolute Gasteiger partial charge is 0.250 e. The normalized spacial score (nSPS) is 11.4. The van der Waals surface area contributed by atoms with Gasteiger partial charge in [0.1, 0.15) is 0 Å². The summed E-state index contributed by atoms with van der Waals surface area (Å²) in [4.78, 5) is 20.6. The van der Waals surface area contributed by atoms with E-state index in [1.165, 1.54) is 4.88 Å². The van der Waals surface area contributed by atoms with E-state index in [4.69, 9.17) is 0 Å². The van der Waals surface area contributed by atoms with Crippen LogP contribution in [0.15, 0.2) is 42.6 Å². The highest BCUT2D eigenvalue weighted by atomic mass is 32.1. The highest BCUT2D eigenvalue weighted by Crippen LogP contribution is 2.21. The largest absolute Gasteiger partial charge is 0.312 e. The third kappa shape index (κ3) is 2.67. The number of likely N-dealkylation sites (N-methyl/N-ethyl adjacent to an activating group) is 1. The summed E-state index contributed by atoms with van der Waals surface area (Å²) in [5.41, 5.74) is 2.76. The van der Waals surface area contributed by atoms with Crippen molar-refractivity contribution in [3.63, 3.8) is 0 Å². The predicted molar refractivity (Wildman–Crippen MR) is 91.4 cm³/mol. The van der Waals surface area contributed by atoms with Gasteiger partial charge < -0.3 is 4.90 Å². The van der Waals surface area contributed by atoms with Crippen molar-refractivity contribution in [1.82, 2.24) is 9.38 Å². The maximum Gasteiger partial charge on any atom is 0.250 e. The minimum atomic E-state index is -0.0625. The molecule has 0 radical (unpaired) electrons. The second-order valence-corrected chi connectivity index (χ2v) is 6.36. The van der Waals surface area contributed by atoms with Gasteiger partial charge in [-0.2, -0.15) is 0 Å². The first-order chi connectivity index (χ1) is 10.6. The van der Waals surface area contributed by atoms with Gasteiger partial charge in [0, 0.05) is 29.9 Å². The molecule has 0 bridgehead atoms. The molecule has 0 saturated heterocycles. The molecular formula is C17H17N3OS. The average Bonchev–Trinajstić information content (AvgIpc) is 3.00. The van der Waals surface area contributed by atoms with Gasteiger partial charge in [-0.15, -0.1) is 11.3 Å². The molecule has 0 N–H and O–H groups in total. The molecule has 2 aromatic heterocycles. The van der Waals surface area contributed by atoms with Gasteiger partial charge in [0.2, 0.25) is 0 Å². The summed E-state index contributed by atoms with van der Waals surface area (Å²) in [5.74, 6) is -0.0625. The third-order valence-electron chi connectivity index (χ3n) is 3.52. The van der Waals surface area contributed by atoms with Crippen molar-refractivity contribution < 1.29 is 4.79 Å². The number of thiazole rings is 1. The first kappa shape index (κ1) is 14.5. The van der Waals surface area contributed by atoms with E-state index in [2.05, 4.69) is 11.9 Å². The van der Waals surface area contributed by atoms with Gasteiger partial charge >= 0.3 is 0 Å². The number of fused-ring (bicyclic) bond motifs is 1. The Morgan fingerprint density at radius 3 is 2.73 bits per heavy atom. The van der Waals surface area contributed by atoms with E-state index in [0.29, 0.717) is 0 Å². The number of amides is 1. The number of hydrogen-bond donors (Lipinski definition) is 0. The van der Waals surface area contributed by atoms with Crippen molar-refractivity contribution >= 4 is 34.0 Å². The maximum absolute atomic E-state index is 12.3. The zero-order valence-corrected chi connectivity index (χ0v) is 13.6. The van der Waals surface area contributed by atoms with Crippen molar-refractivity contribution in [1.29, 1.82) is 0 Å². The van der Waals surface area contributed by atoms with E-state index in [-0.39, 0.29) is 5.91 Å². The molecule has 0 aliphatic rings. The number of aromatic nitrogens is 2. The number of benzene rings is 1. The van der Waals surface area contributed by atoms with Crippen LogP contribution in [0, 0.1) is 13.8 Å². The van der Waals surface area contributed by atoms with Crippen molar-refractivity contribution in [2.45, 2.75) is 13.8 Å². The fraction of sp³-hybridized carbons (Fsp3) is 0.176. The van der Waals surface area contributed by atoms with Gasteiger partial charge in [0.15, 0.2) is 4.96 Å². The summed E-state index contributed by atoms with van der Waals surface area (Å²) in [7, 11) is 1.77. The second kappa shape index (κ2) is 5.77. The maximum atomic E-state index is 12.3. The quantitative estimate of drug-likeness (QED) is 0.692. The van der Waals surface area contributed by atoms with Crippen LogP contribution in [0.3, 0.4) is 0 Å². The molecule has 3 aromatic rings. The SMILES string of the molecule is Cc1cn2c(/C=C/C(=O)N(C)c3ccccc3)c(C)nc2s1. The first-order valence-electron chi connectivity index (χ1n) is 7.02.